The minimum atomic E-state index is -0.737. The molecule has 1 aliphatic heterocycles. The van der Waals surface area contributed by atoms with E-state index in [4.69, 9.17) is 28.4 Å². The van der Waals surface area contributed by atoms with Crippen molar-refractivity contribution in [3.05, 3.63) is 77.9 Å². The molecular formula is C37H45NO9. The van der Waals surface area contributed by atoms with Gasteiger partial charge in [-0.25, -0.2) is 14.4 Å². The van der Waals surface area contributed by atoms with Gasteiger partial charge in [0.25, 0.3) is 0 Å². The molecule has 10 nitrogen and oxygen atoms in total. The van der Waals surface area contributed by atoms with Gasteiger partial charge in [-0.3, -0.25) is 5.32 Å². The van der Waals surface area contributed by atoms with Gasteiger partial charge in [0.2, 0.25) is 0 Å². The molecule has 1 amide bonds. The molecule has 1 saturated heterocycles. The molecule has 1 heterocycles. The first-order valence-corrected chi connectivity index (χ1v) is 16.1. The number of benzene rings is 3. The van der Waals surface area contributed by atoms with Gasteiger partial charge in [0.05, 0.1) is 37.7 Å². The van der Waals surface area contributed by atoms with E-state index in [9.17, 15) is 14.4 Å². The molecule has 3 aromatic rings. The molecule has 1 fully saturated rings. The second kappa shape index (κ2) is 16.8. The van der Waals surface area contributed by atoms with Crippen LogP contribution >= 0.6 is 0 Å². The van der Waals surface area contributed by atoms with Gasteiger partial charge in [0.15, 0.2) is 12.0 Å². The van der Waals surface area contributed by atoms with Crippen molar-refractivity contribution in [3.8, 4) is 11.5 Å². The Labute approximate surface area is 276 Å². The highest BCUT2D eigenvalue weighted by Crippen LogP contribution is 2.37. The third-order valence-corrected chi connectivity index (χ3v) is 7.17. The summed E-state index contributed by atoms with van der Waals surface area (Å²) in [6, 6.07) is 16.5. The van der Waals surface area contributed by atoms with E-state index < -0.39 is 23.6 Å². The zero-order valence-electron chi connectivity index (χ0n) is 27.7. The summed E-state index contributed by atoms with van der Waals surface area (Å²) in [6.07, 6.45) is 3.79. The Morgan fingerprint density at radius 2 is 1.66 bits per heavy atom. The molecule has 0 radical (unpaired) electrons. The van der Waals surface area contributed by atoms with E-state index in [1.54, 1.807) is 33.8 Å². The number of amides is 1. The predicted octanol–water partition coefficient (Wildman–Crippen LogP) is 7.77. The van der Waals surface area contributed by atoms with Crippen LogP contribution in [0.1, 0.15) is 75.7 Å². The number of rotatable bonds is 14. The zero-order valence-corrected chi connectivity index (χ0v) is 27.7. The number of nitrogens with one attached hydrogen (secondary N) is 1. The lowest BCUT2D eigenvalue weighted by molar-refractivity contribution is -0.139. The lowest BCUT2D eigenvalue weighted by Gasteiger charge is -2.23. The molecule has 1 aliphatic rings. The molecule has 3 aromatic carbocycles. The van der Waals surface area contributed by atoms with Crippen molar-refractivity contribution in [1.29, 1.82) is 0 Å². The van der Waals surface area contributed by atoms with Crippen LogP contribution in [0, 0.1) is 0 Å². The molecule has 1 N–H and O–H groups in total. The molecule has 0 aliphatic carbocycles. The van der Waals surface area contributed by atoms with Crippen LogP contribution in [0.5, 0.6) is 11.5 Å². The van der Waals surface area contributed by atoms with E-state index in [0.29, 0.717) is 48.0 Å². The van der Waals surface area contributed by atoms with Crippen molar-refractivity contribution >= 4 is 34.5 Å². The van der Waals surface area contributed by atoms with Gasteiger partial charge in [0, 0.05) is 29.2 Å². The van der Waals surface area contributed by atoms with Gasteiger partial charge >= 0.3 is 18.0 Å². The van der Waals surface area contributed by atoms with E-state index in [1.807, 2.05) is 48.5 Å². The van der Waals surface area contributed by atoms with E-state index in [0.717, 1.165) is 30.6 Å². The Morgan fingerprint density at radius 1 is 0.936 bits per heavy atom. The number of esters is 2. The average molecular weight is 648 g/mol. The van der Waals surface area contributed by atoms with Crippen LogP contribution in [0.2, 0.25) is 0 Å². The molecule has 1 atom stereocenters. The Kier molecular flexibility index (Phi) is 12.6. The summed E-state index contributed by atoms with van der Waals surface area (Å²) >= 11 is 0. The maximum Gasteiger partial charge on any atom is 0.412 e. The fraction of sp³-hybridized carbons (Fsp3) is 0.432. The van der Waals surface area contributed by atoms with Crippen molar-refractivity contribution in [2.75, 3.05) is 31.7 Å². The van der Waals surface area contributed by atoms with Gasteiger partial charge < -0.3 is 28.4 Å². The summed E-state index contributed by atoms with van der Waals surface area (Å²) in [7, 11) is 0. The SMILES string of the molecule is C=C(C)C(=O)OCCCCOc1c(NC(=O)OC(C)(C)C)cc(C(=O)OCCc2ccc(OC3CCCCO3)cc2)c2ccccc12. The van der Waals surface area contributed by atoms with Gasteiger partial charge in [0.1, 0.15) is 11.4 Å². The van der Waals surface area contributed by atoms with Crippen LogP contribution in [0.3, 0.4) is 0 Å². The molecule has 0 bridgehead atoms. The third-order valence-electron chi connectivity index (χ3n) is 7.17. The van der Waals surface area contributed by atoms with Crippen molar-refractivity contribution in [1.82, 2.24) is 0 Å². The molecule has 1 unspecified atom stereocenters. The van der Waals surface area contributed by atoms with E-state index >= 15 is 0 Å². The minimum absolute atomic E-state index is 0.155. The summed E-state index contributed by atoms with van der Waals surface area (Å²) in [4.78, 5) is 37.9. The largest absolute Gasteiger partial charge is 0.491 e. The van der Waals surface area contributed by atoms with Crippen LogP contribution in [0.15, 0.2) is 66.7 Å². The number of hydrogen-bond acceptors (Lipinski definition) is 9. The normalized spacial score (nSPS) is 14.6. The lowest BCUT2D eigenvalue weighted by Crippen LogP contribution is -2.27. The first kappa shape index (κ1) is 35.3. The first-order valence-electron chi connectivity index (χ1n) is 16.1. The molecule has 47 heavy (non-hydrogen) atoms. The number of unbranched alkanes of at least 4 members (excludes halogenated alkanes) is 1. The highest BCUT2D eigenvalue weighted by molar-refractivity contribution is 6.10. The molecule has 0 saturated carbocycles. The number of anilines is 1. The Balaban J connectivity index is 1.45. The Hall–Kier alpha value is -4.57. The zero-order chi connectivity index (χ0) is 33.8. The standard InChI is InChI=1S/C37H45NO9/c1-25(2)34(39)44-22-11-10-21-43-33-29-13-7-6-12-28(29)30(24-31(33)38-36(41)47-37(3,4)5)35(40)45-23-19-26-15-17-27(18-16-26)46-32-14-8-9-20-42-32/h6-7,12-13,15-18,24,32H,1,8-11,14,19-23H2,2-5H3,(H,38,41). The topological polar surface area (TPSA) is 119 Å². The monoisotopic (exact) mass is 647 g/mol. The van der Waals surface area contributed by atoms with Crippen molar-refractivity contribution < 1.29 is 42.8 Å². The van der Waals surface area contributed by atoms with Crippen LogP contribution < -0.4 is 14.8 Å². The van der Waals surface area contributed by atoms with E-state index in [1.165, 1.54) is 0 Å². The number of ether oxygens (including phenoxy) is 6. The smallest absolute Gasteiger partial charge is 0.412 e. The highest BCUT2D eigenvalue weighted by Gasteiger charge is 2.23. The molecular weight excluding hydrogens is 602 g/mol. The summed E-state index contributed by atoms with van der Waals surface area (Å²) in [5.41, 5.74) is 1.15. The lowest BCUT2D eigenvalue weighted by atomic mass is 10.0. The maximum absolute atomic E-state index is 13.4. The maximum atomic E-state index is 13.4. The fourth-order valence-electron chi connectivity index (χ4n) is 4.88. The Bertz CT molecular complexity index is 1540. The molecule has 0 aromatic heterocycles. The van der Waals surface area contributed by atoms with Crippen LogP contribution in [0.25, 0.3) is 10.8 Å². The Morgan fingerprint density at radius 3 is 2.34 bits per heavy atom. The molecule has 252 valence electrons. The predicted molar refractivity (Wildman–Crippen MR) is 179 cm³/mol. The van der Waals surface area contributed by atoms with Gasteiger partial charge in [-0.1, -0.05) is 43.0 Å². The van der Waals surface area contributed by atoms with Gasteiger partial charge in [-0.15, -0.1) is 0 Å². The average Bonchev–Trinajstić information content (AvgIpc) is 3.03. The summed E-state index contributed by atoms with van der Waals surface area (Å²) in [6.45, 7) is 11.8. The van der Waals surface area contributed by atoms with Crippen LogP contribution in [-0.2, 0) is 30.2 Å². The fourth-order valence-corrected chi connectivity index (χ4v) is 4.88. The number of fused-ring (bicyclic) bond motifs is 1. The second-order valence-corrected chi connectivity index (χ2v) is 12.4. The third kappa shape index (κ3) is 11.0. The summed E-state index contributed by atoms with van der Waals surface area (Å²) in [5, 5.41) is 4.00. The van der Waals surface area contributed by atoms with Crippen molar-refractivity contribution in [2.45, 2.75) is 78.1 Å². The van der Waals surface area contributed by atoms with E-state index in [2.05, 4.69) is 11.9 Å². The van der Waals surface area contributed by atoms with E-state index in [-0.39, 0.29) is 37.4 Å². The number of carbonyl (C=O) groups excluding carboxylic acids is 3. The summed E-state index contributed by atoms with van der Waals surface area (Å²) < 4.78 is 34.1. The van der Waals surface area contributed by atoms with Crippen LogP contribution in [-0.4, -0.2) is 56.4 Å². The quantitative estimate of drug-likeness (QED) is 0.0810. The number of carbonyl (C=O) groups is 3. The van der Waals surface area contributed by atoms with Crippen molar-refractivity contribution in [3.63, 3.8) is 0 Å². The molecule has 0 spiro atoms. The minimum Gasteiger partial charge on any atom is -0.491 e. The van der Waals surface area contributed by atoms with Crippen molar-refractivity contribution in [2.24, 2.45) is 0 Å². The van der Waals surface area contributed by atoms with Gasteiger partial charge in [-0.2, -0.15) is 0 Å². The highest BCUT2D eigenvalue weighted by atomic mass is 16.7. The summed E-state index contributed by atoms with van der Waals surface area (Å²) in [5.74, 6) is 0.162. The molecule has 4 rings (SSSR count). The van der Waals surface area contributed by atoms with Crippen LogP contribution in [0.4, 0.5) is 10.5 Å². The second-order valence-electron chi connectivity index (χ2n) is 12.4. The molecule has 10 heteroatoms. The number of hydrogen-bond donors (Lipinski definition) is 1. The first-order chi connectivity index (χ1) is 22.5. The van der Waals surface area contributed by atoms with Gasteiger partial charge in [-0.05, 0) is 77.1 Å².